The predicted molar refractivity (Wildman–Crippen MR) is 142 cm³/mol. The summed E-state index contributed by atoms with van der Waals surface area (Å²) in [6, 6.07) is 8.65. The third-order valence-electron chi connectivity index (χ3n) is 6.74. The van der Waals surface area contributed by atoms with Gasteiger partial charge in [-0.15, -0.1) is 6.58 Å². The van der Waals surface area contributed by atoms with Gasteiger partial charge in [0.25, 0.3) is 0 Å². The monoisotopic (exact) mass is 484 g/mol. The largest absolute Gasteiger partial charge is 0.478 e. The second-order valence-electron chi connectivity index (χ2n) is 11.3. The van der Waals surface area contributed by atoms with Crippen LogP contribution < -0.4 is 5.32 Å². The average Bonchev–Trinajstić information content (AvgIpc) is 2.77. The van der Waals surface area contributed by atoms with Gasteiger partial charge in [0.05, 0.1) is 12.0 Å². The van der Waals surface area contributed by atoms with Crippen LogP contribution >= 0.6 is 0 Å². The van der Waals surface area contributed by atoms with Gasteiger partial charge in [-0.25, -0.2) is 4.79 Å². The van der Waals surface area contributed by atoms with Crippen LogP contribution in [0.3, 0.4) is 0 Å². The number of allylic oxidation sites excluding steroid dienone is 1. The number of benzene rings is 1. The van der Waals surface area contributed by atoms with Crippen LogP contribution in [0.5, 0.6) is 0 Å². The summed E-state index contributed by atoms with van der Waals surface area (Å²) in [5.74, 6) is -1.93. The number of nitrogens with one attached hydrogen (secondary N) is 1. The van der Waals surface area contributed by atoms with Crippen LogP contribution in [0.25, 0.3) is 0 Å². The highest BCUT2D eigenvalue weighted by molar-refractivity contribution is 5.90. The summed E-state index contributed by atoms with van der Waals surface area (Å²) in [6.07, 6.45) is 3.80. The fourth-order valence-corrected chi connectivity index (χ4v) is 4.29. The molecule has 6 nitrogen and oxygen atoms in total. The van der Waals surface area contributed by atoms with Crippen LogP contribution in [-0.2, 0) is 19.8 Å². The minimum absolute atomic E-state index is 0.0138. The second kappa shape index (κ2) is 12.2. The molecule has 0 aliphatic carbocycles. The van der Waals surface area contributed by atoms with Gasteiger partial charge in [0.2, 0.25) is 11.8 Å². The van der Waals surface area contributed by atoms with E-state index < -0.39 is 34.8 Å². The van der Waals surface area contributed by atoms with Crippen molar-refractivity contribution in [3.05, 3.63) is 60.2 Å². The van der Waals surface area contributed by atoms with Crippen LogP contribution in [0.4, 0.5) is 0 Å². The molecule has 0 saturated carbocycles. The lowest BCUT2D eigenvalue weighted by Gasteiger charge is -2.39. The number of rotatable bonds is 11. The summed E-state index contributed by atoms with van der Waals surface area (Å²) in [4.78, 5) is 40.4. The Kier molecular flexibility index (Phi) is 10.5. The molecule has 1 rings (SSSR count). The fourth-order valence-electron chi connectivity index (χ4n) is 4.29. The number of aliphatic carboxylic acids is 1. The first-order valence-electron chi connectivity index (χ1n) is 12.2. The third-order valence-corrected chi connectivity index (χ3v) is 6.74. The molecule has 1 aromatic rings. The zero-order valence-corrected chi connectivity index (χ0v) is 22.9. The molecule has 35 heavy (non-hydrogen) atoms. The molecule has 2 N–H and O–H groups in total. The number of nitrogens with zero attached hydrogens (tertiary/aromatic N) is 1. The van der Waals surface area contributed by atoms with Gasteiger partial charge < -0.3 is 15.3 Å². The highest BCUT2D eigenvalue weighted by Crippen LogP contribution is 2.35. The maximum atomic E-state index is 13.7. The van der Waals surface area contributed by atoms with Crippen LogP contribution in [0.15, 0.2) is 54.6 Å². The number of carboxylic acid groups (broad SMARTS) is 1. The van der Waals surface area contributed by atoms with E-state index in [2.05, 4.69) is 11.9 Å². The summed E-state index contributed by atoms with van der Waals surface area (Å²) in [7, 11) is 1.67. The summed E-state index contributed by atoms with van der Waals surface area (Å²) in [5.41, 5.74) is 0.157. The van der Waals surface area contributed by atoms with Crippen molar-refractivity contribution >= 4 is 17.8 Å². The number of hydrogen-bond acceptors (Lipinski definition) is 3. The number of carboxylic acids is 1. The molecule has 0 spiro atoms. The van der Waals surface area contributed by atoms with Gasteiger partial charge in [0.1, 0.15) is 6.04 Å². The molecular weight excluding hydrogens is 440 g/mol. The Balaban J connectivity index is 3.35. The number of amides is 2. The van der Waals surface area contributed by atoms with Crippen molar-refractivity contribution in [1.82, 2.24) is 10.2 Å². The summed E-state index contributed by atoms with van der Waals surface area (Å²) in [6.45, 7) is 19.1. The molecule has 194 valence electrons. The third kappa shape index (κ3) is 7.81. The van der Waals surface area contributed by atoms with E-state index in [0.29, 0.717) is 6.42 Å². The van der Waals surface area contributed by atoms with Crippen LogP contribution in [0.2, 0.25) is 0 Å². The molecule has 6 heteroatoms. The Morgan fingerprint density at radius 1 is 1.09 bits per heavy atom. The maximum Gasteiger partial charge on any atom is 0.331 e. The quantitative estimate of drug-likeness (QED) is 0.334. The topological polar surface area (TPSA) is 86.7 Å². The zero-order valence-electron chi connectivity index (χ0n) is 22.9. The SMILES string of the molecule is C=CC[C@H](C(=O)N[C@H](C(=O)N(C)[C@H](C=C(C)C(=O)O)C(C)C)C(C)(C)C)C(C)(C)c1ccccc1. The first kappa shape index (κ1) is 30.1. The second-order valence-corrected chi connectivity index (χ2v) is 11.3. The van der Waals surface area contributed by atoms with Crippen molar-refractivity contribution in [1.29, 1.82) is 0 Å². The Morgan fingerprint density at radius 2 is 1.63 bits per heavy atom. The first-order chi connectivity index (χ1) is 16.0. The lowest BCUT2D eigenvalue weighted by molar-refractivity contribution is -0.141. The molecule has 0 unspecified atom stereocenters. The van der Waals surface area contributed by atoms with Gasteiger partial charge in [-0.1, -0.05) is 91.0 Å². The molecule has 2 amide bonds. The molecule has 1 aromatic carbocycles. The average molecular weight is 485 g/mol. The summed E-state index contributed by atoms with van der Waals surface area (Å²) in [5, 5.41) is 12.4. The lowest BCUT2D eigenvalue weighted by Crippen LogP contribution is -2.58. The molecular formula is C29H44N2O4. The highest BCUT2D eigenvalue weighted by Gasteiger charge is 2.41. The smallest absolute Gasteiger partial charge is 0.331 e. The fraction of sp³-hybridized carbons (Fsp3) is 0.552. The van der Waals surface area contributed by atoms with E-state index in [4.69, 9.17) is 0 Å². The number of carbonyl (C=O) groups is 3. The maximum absolute atomic E-state index is 13.7. The molecule has 3 atom stereocenters. The predicted octanol–water partition coefficient (Wildman–Crippen LogP) is 5.20. The normalized spacial score (nSPS) is 15.2. The van der Waals surface area contributed by atoms with Crippen molar-refractivity contribution in [3.63, 3.8) is 0 Å². The van der Waals surface area contributed by atoms with E-state index in [0.717, 1.165) is 5.56 Å². The van der Waals surface area contributed by atoms with Crippen molar-refractivity contribution < 1.29 is 19.5 Å². The van der Waals surface area contributed by atoms with Gasteiger partial charge in [-0.2, -0.15) is 0 Å². The molecule has 0 aromatic heterocycles. The van der Waals surface area contributed by atoms with Crippen molar-refractivity contribution in [2.75, 3.05) is 7.05 Å². The molecule has 0 fully saturated rings. The standard InChI is InChI=1S/C29H44N2O4/c1-11-15-22(29(8,9)21-16-13-12-14-17-21)25(32)30-24(28(5,6)7)26(33)31(10)23(19(2)3)18-20(4)27(34)35/h11-14,16-19,22-24H,1,15H2,2-10H3,(H,30,32)(H,34,35)/t22-,23-,24-/m1/s1. The van der Waals surface area contributed by atoms with Gasteiger partial charge in [0.15, 0.2) is 0 Å². The molecule has 0 heterocycles. The highest BCUT2D eigenvalue weighted by atomic mass is 16.4. The van der Waals surface area contributed by atoms with Crippen LogP contribution in [-0.4, -0.2) is 46.9 Å². The molecule has 0 radical (unpaired) electrons. The number of hydrogen-bond donors (Lipinski definition) is 2. The number of carbonyl (C=O) groups excluding carboxylic acids is 2. The Labute approximate surface area is 211 Å². The van der Waals surface area contributed by atoms with Gasteiger partial charge in [-0.05, 0) is 30.2 Å². The number of likely N-dealkylation sites (N-methyl/N-ethyl adjacent to an activating group) is 1. The first-order valence-corrected chi connectivity index (χ1v) is 12.2. The molecule has 0 aliphatic rings. The van der Waals surface area contributed by atoms with Crippen LogP contribution in [0, 0.1) is 17.3 Å². The molecule has 0 bridgehead atoms. The van der Waals surface area contributed by atoms with Gasteiger partial charge in [-0.3, -0.25) is 9.59 Å². The van der Waals surface area contributed by atoms with E-state index in [9.17, 15) is 19.5 Å². The van der Waals surface area contributed by atoms with Crippen molar-refractivity contribution in [2.24, 2.45) is 17.3 Å². The van der Waals surface area contributed by atoms with Crippen molar-refractivity contribution in [3.8, 4) is 0 Å². The summed E-state index contributed by atoms with van der Waals surface area (Å²) >= 11 is 0. The van der Waals surface area contributed by atoms with E-state index in [-0.39, 0.29) is 23.3 Å². The van der Waals surface area contributed by atoms with E-state index >= 15 is 0 Å². The van der Waals surface area contributed by atoms with Crippen molar-refractivity contribution in [2.45, 2.75) is 79.3 Å². The lowest BCUT2D eigenvalue weighted by atomic mass is 9.71. The van der Waals surface area contributed by atoms with Gasteiger partial charge in [0, 0.05) is 18.0 Å². The minimum atomic E-state index is -1.02. The van der Waals surface area contributed by atoms with Gasteiger partial charge >= 0.3 is 5.97 Å². The Morgan fingerprint density at radius 3 is 2.06 bits per heavy atom. The minimum Gasteiger partial charge on any atom is -0.478 e. The molecule has 0 saturated heterocycles. The van der Waals surface area contributed by atoms with E-state index in [1.807, 2.05) is 78.8 Å². The van der Waals surface area contributed by atoms with Crippen LogP contribution in [0.1, 0.15) is 67.4 Å². The molecule has 0 aliphatic heterocycles. The Bertz CT molecular complexity index is 926. The van der Waals surface area contributed by atoms with E-state index in [1.165, 1.54) is 6.92 Å². The van der Waals surface area contributed by atoms with E-state index in [1.54, 1.807) is 24.1 Å². The summed E-state index contributed by atoms with van der Waals surface area (Å²) < 4.78 is 0. The zero-order chi connectivity index (χ0) is 27.1. The Hall–Kier alpha value is -2.89.